The fraction of sp³-hybridized carbons (Fsp3) is 0.0588. The average Bonchev–Trinajstić information content (AvgIpc) is 3.18. The Morgan fingerprint density at radius 2 is 1.73 bits per heavy atom. The summed E-state index contributed by atoms with van der Waals surface area (Å²) in [5.41, 5.74) is 0.960. The van der Waals surface area contributed by atoms with Crippen LogP contribution in [0.15, 0.2) is 65.2 Å². The number of halogens is 3. The highest BCUT2D eigenvalue weighted by Gasteiger charge is 2.31. The fourth-order valence-corrected chi connectivity index (χ4v) is 2.29. The first-order valence-electron chi connectivity index (χ1n) is 8.10. The molecule has 1 heterocycles. The summed E-state index contributed by atoms with van der Waals surface area (Å²) < 4.78 is 41.6. The van der Waals surface area contributed by atoms with Gasteiger partial charge in [-0.15, -0.1) is 18.3 Å². The van der Waals surface area contributed by atoms with E-state index in [0.717, 1.165) is 12.1 Å². The van der Waals surface area contributed by atoms with Gasteiger partial charge >= 0.3 is 6.36 Å². The fourth-order valence-electron chi connectivity index (χ4n) is 2.29. The molecule has 1 aromatic heterocycles. The molecule has 3 rings (SSSR count). The highest BCUT2D eigenvalue weighted by molar-refractivity contribution is 6.02. The number of benzene rings is 2. The molecule has 0 saturated heterocycles. The van der Waals surface area contributed by atoms with E-state index in [-0.39, 0.29) is 17.1 Å². The van der Waals surface area contributed by atoms with Crippen LogP contribution in [-0.2, 0) is 0 Å². The van der Waals surface area contributed by atoms with Crippen molar-refractivity contribution in [2.45, 2.75) is 6.36 Å². The van der Waals surface area contributed by atoms with Crippen molar-refractivity contribution in [3.05, 3.63) is 66.2 Å². The van der Waals surface area contributed by atoms with E-state index in [1.807, 2.05) is 0 Å². The van der Waals surface area contributed by atoms with E-state index >= 15 is 0 Å². The largest absolute Gasteiger partial charge is 0.573 e. The number of nitrogens with one attached hydrogen (secondary N) is 1. The van der Waals surface area contributed by atoms with Crippen LogP contribution in [0.4, 0.5) is 18.9 Å². The van der Waals surface area contributed by atoms with Gasteiger partial charge < -0.3 is 15.9 Å². The molecule has 0 aliphatic carbocycles. The second-order valence-electron chi connectivity index (χ2n) is 5.61. The molecule has 0 atom stereocenters. The molecule has 0 unspecified atom stereocenters. The summed E-state index contributed by atoms with van der Waals surface area (Å²) in [5.74, 6) is 2.98. The van der Waals surface area contributed by atoms with Crippen molar-refractivity contribution >= 4 is 17.5 Å². The normalized spacial score (nSPS) is 11.4. The second kappa shape index (κ2) is 8.38. The van der Waals surface area contributed by atoms with Crippen LogP contribution in [0.5, 0.6) is 5.75 Å². The Morgan fingerprint density at radius 3 is 2.33 bits per heavy atom. The minimum Gasteiger partial charge on any atom is -0.406 e. The third-order valence-corrected chi connectivity index (χ3v) is 3.57. The first-order chi connectivity index (χ1) is 14.2. The Kier molecular flexibility index (Phi) is 5.71. The highest BCUT2D eigenvalue weighted by atomic mass is 19.4. The van der Waals surface area contributed by atoms with Crippen LogP contribution in [0, 0.1) is 0 Å². The van der Waals surface area contributed by atoms with Gasteiger partial charge in [0.25, 0.3) is 11.8 Å². The topological polar surface area (TPSA) is 137 Å². The van der Waals surface area contributed by atoms with Crippen LogP contribution in [0.3, 0.4) is 0 Å². The first kappa shape index (κ1) is 20.4. The van der Waals surface area contributed by atoms with E-state index in [0.29, 0.717) is 11.4 Å². The van der Waals surface area contributed by atoms with Gasteiger partial charge in [0.1, 0.15) is 12.1 Å². The van der Waals surface area contributed by atoms with Crippen LogP contribution in [-0.4, -0.2) is 32.9 Å². The Balaban J connectivity index is 1.67. The zero-order chi connectivity index (χ0) is 21.7. The molecular weight excluding hydrogens is 407 g/mol. The quantitative estimate of drug-likeness (QED) is 0.371. The standard InChI is InChI=1S/C17H12F3N7O3/c18-17(19,20)30-13-7-5-12(6-8-13)27-9-22-14(25-27)16(29)23-11-3-1-10(2-4-11)15(28)24-26-21/h1-9H,(H,23,29)(H2,21,24,28). The maximum atomic E-state index is 12.3. The molecule has 13 heteroatoms. The van der Waals surface area contributed by atoms with Crippen LogP contribution in [0.1, 0.15) is 21.0 Å². The van der Waals surface area contributed by atoms with Crippen molar-refractivity contribution in [3.63, 3.8) is 0 Å². The molecule has 0 saturated carbocycles. The number of carbonyl (C=O) groups is 2. The molecule has 10 nitrogen and oxygen atoms in total. The molecule has 0 bridgehead atoms. The molecule has 2 aromatic carbocycles. The highest BCUT2D eigenvalue weighted by Crippen LogP contribution is 2.23. The third kappa shape index (κ3) is 5.15. The Morgan fingerprint density at radius 1 is 1.07 bits per heavy atom. The summed E-state index contributed by atoms with van der Waals surface area (Å²) in [6.07, 6.45) is -3.56. The number of alkyl halides is 3. The molecule has 0 spiro atoms. The Hall–Kier alpha value is -4.29. The lowest BCUT2D eigenvalue weighted by molar-refractivity contribution is -0.274. The molecule has 3 aromatic rings. The van der Waals surface area contributed by atoms with Gasteiger partial charge in [0.15, 0.2) is 0 Å². The molecular formula is C17H12F3N7O3. The number of hydrogen-bond donors (Lipinski definition) is 2. The van der Waals surface area contributed by atoms with E-state index in [2.05, 4.69) is 30.5 Å². The lowest BCUT2D eigenvalue weighted by atomic mass is 10.2. The summed E-state index contributed by atoms with van der Waals surface area (Å²) in [4.78, 5) is 27.7. The lowest BCUT2D eigenvalue weighted by Gasteiger charge is -2.09. The molecule has 0 fully saturated rings. The van der Waals surface area contributed by atoms with Crippen LogP contribution in [0.2, 0.25) is 0 Å². The number of hydrogen-bond acceptors (Lipinski definition) is 6. The van der Waals surface area contributed by atoms with Gasteiger partial charge in [-0.25, -0.2) is 9.67 Å². The zero-order valence-corrected chi connectivity index (χ0v) is 14.9. The summed E-state index contributed by atoms with van der Waals surface area (Å²) in [5, 5.41) is 12.6. The second-order valence-corrected chi connectivity index (χ2v) is 5.61. The first-order valence-corrected chi connectivity index (χ1v) is 8.10. The van der Waals surface area contributed by atoms with Gasteiger partial charge in [0.2, 0.25) is 5.82 Å². The van der Waals surface area contributed by atoms with E-state index < -0.39 is 18.2 Å². The number of ether oxygens (including phenoxy) is 1. The minimum atomic E-state index is -4.79. The van der Waals surface area contributed by atoms with Gasteiger partial charge in [0, 0.05) is 11.3 Å². The van der Waals surface area contributed by atoms with Crippen molar-refractivity contribution in [3.8, 4) is 11.4 Å². The van der Waals surface area contributed by atoms with Crippen LogP contribution < -0.4 is 15.9 Å². The monoisotopic (exact) mass is 419 g/mol. The number of nitrogens with zero attached hydrogens (tertiary/aromatic N) is 5. The maximum absolute atomic E-state index is 12.3. The smallest absolute Gasteiger partial charge is 0.406 e. The molecule has 0 aliphatic heterocycles. The van der Waals surface area contributed by atoms with E-state index in [1.54, 1.807) is 0 Å². The predicted molar refractivity (Wildman–Crippen MR) is 95.8 cm³/mol. The number of rotatable bonds is 5. The predicted octanol–water partition coefficient (Wildman–Crippen LogP) is 2.88. The van der Waals surface area contributed by atoms with E-state index in [1.165, 1.54) is 47.4 Å². The van der Waals surface area contributed by atoms with Gasteiger partial charge in [-0.3, -0.25) is 9.59 Å². The number of nitrogens with two attached hydrogens (primary N) is 1. The maximum Gasteiger partial charge on any atom is 0.573 e. The summed E-state index contributed by atoms with van der Waals surface area (Å²) >= 11 is 0. The molecule has 0 radical (unpaired) electrons. The van der Waals surface area contributed by atoms with Crippen LogP contribution >= 0.6 is 0 Å². The number of aromatic nitrogens is 3. The summed E-state index contributed by atoms with van der Waals surface area (Å²) in [6.45, 7) is 0. The lowest BCUT2D eigenvalue weighted by Crippen LogP contribution is -2.17. The third-order valence-electron chi connectivity index (χ3n) is 3.57. The van der Waals surface area contributed by atoms with Gasteiger partial charge in [-0.2, -0.15) is 0 Å². The summed E-state index contributed by atoms with van der Waals surface area (Å²) in [6, 6.07) is 10.6. The SMILES string of the molecule is NN=NC(=O)c1ccc(NC(=O)c2ncn(-c3ccc(OC(F)(F)F)cc3)n2)cc1. The van der Waals surface area contributed by atoms with Crippen molar-refractivity contribution in [1.82, 2.24) is 14.8 Å². The Labute approximate surface area is 166 Å². The molecule has 30 heavy (non-hydrogen) atoms. The van der Waals surface area contributed by atoms with Gasteiger partial charge in [-0.05, 0) is 48.5 Å². The molecule has 0 aliphatic rings. The minimum absolute atomic E-state index is 0.178. The van der Waals surface area contributed by atoms with Crippen molar-refractivity contribution < 1.29 is 27.5 Å². The van der Waals surface area contributed by atoms with E-state index in [9.17, 15) is 22.8 Å². The average molecular weight is 419 g/mol. The summed E-state index contributed by atoms with van der Waals surface area (Å²) in [7, 11) is 0. The van der Waals surface area contributed by atoms with Crippen molar-refractivity contribution in [2.24, 2.45) is 16.2 Å². The van der Waals surface area contributed by atoms with Crippen molar-refractivity contribution in [2.75, 3.05) is 5.32 Å². The van der Waals surface area contributed by atoms with Crippen LogP contribution in [0.25, 0.3) is 5.69 Å². The molecule has 2 amide bonds. The Bertz CT molecular complexity index is 1080. The van der Waals surface area contributed by atoms with E-state index in [4.69, 9.17) is 5.84 Å². The van der Waals surface area contributed by atoms with Gasteiger partial charge in [0.05, 0.1) is 5.69 Å². The molecule has 154 valence electrons. The number of anilines is 1. The number of amides is 2. The zero-order valence-electron chi connectivity index (χ0n) is 14.9. The molecule has 3 N–H and O–H groups in total. The van der Waals surface area contributed by atoms with Crippen molar-refractivity contribution in [1.29, 1.82) is 0 Å². The number of carbonyl (C=O) groups excluding carboxylic acids is 2. The van der Waals surface area contributed by atoms with Gasteiger partial charge in [-0.1, -0.05) is 10.3 Å².